The Balaban J connectivity index is 0.000000228. The first-order valence-electron chi connectivity index (χ1n) is 11.6. The second-order valence-electron chi connectivity index (χ2n) is 7.84. The van der Waals surface area contributed by atoms with E-state index >= 15 is 0 Å². The number of benzene rings is 2. The van der Waals surface area contributed by atoms with E-state index in [1.54, 1.807) is 44.6 Å². The van der Waals surface area contributed by atoms with Crippen molar-refractivity contribution in [3.63, 3.8) is 0 Å². The first kappa shape index (κ1) is 33.6. The van der Waals surface area contributed by atoms with Gasteiger partial charge < -0.3 is 20.9 Å². The summed E-state index contributed by atoms with van der Waals surface area (Å²) in [4.78, 5) is 36.1. The van der Waals surface area contributed by atoms with Crippen LogP contribution in [0.1, 0.15) is 26.3 Å². The fourth-order valence-electron chi connectivity index (χ4n) is 3.04. The molecule has 0 aliphatic heterocycles. The van der Waals surface area contributed by atoms with Crippen LogP contribution in [0.25, 0.3) is 0 Å². The highest BCUT2D eigenvalue weighted by molar-refractivity contribution is 14.1. The number of nitrogens with two attached hydrogens (primary N) is 2. The molecule has 0 aliphatic carbocycles. The molecule has 0 saturated heterocycles. The lowest BCUT2D eigenvalue weighted by Gasteiger charge is -2.14. The first-order valence-corrected chi connectivity index (χ1v) is 13.5. The Morgan fingerprint density at radius 3 is 1.76 bits per heavy atom. The van der Waals surface area contributed by atoms with E-state index in [9.17, 15) is 9.59 Å². The average Bonchev–Trinajstić information content (AvgIpc) is 2.96. The van der Waals surface area contributed by atoms with Crippen LogP contribution in [0.4, 0.5) is 11.6 Å². The maximum Gasteiger partial charge on any atom is 0.280 e. The Kier molecular flexibility index (Phi) is 13.6. The van der Waals surface area contributed by atoms with Crippen LogP contribution in [0, 0.1) is 3.57 Å². The Hall–Kier alpha value is -3.65. The highest BCUT2D eigenvalue weighted by Gasteiger charge is 2.16. The molecule has 0 radical (unpaired) electrons. The molecule has 0 aliphatic rings. The predicted octanol–water partition coefficient (Wildman–Crippen LogP) is 5.81. The molecule has 41 heavy (non-hydrogen) atoms. The van der Waals surface area contributed by atoms with Gasteiger partial charge in [-0.3, -0.25) is 14.4 Å². The fourth-order valence-corrected chi connectivity index (χ4v) is 3.86. The van der Waals surface area contributed by atoms with Gasteiger partial charge in [0.1, 0.15) is 33.4 Å². The summed E-state index contributed by atoms with van der Waals surface area (Å²) in [6, 6.07) is 20.9. The molecule has 2 aromatic heterocycles. The highest BCUT2D eigenvalue weighted by Crippen LogP contribution is 2.20. The molecule has 4 rings (SSSR count). The molecule has 0 unspecified atom stereocenters. The molecule has 0 fully saturated rings. The molecule has 0 atom stereocenters. The monoisotopic (exact) mass is 711 g/mol. The molecule has 10 nitrogen and oxygen atoms in total. The summed E-state index contributed by atoms with van der Waals surface area (Å²) in [5.74, 6) is 1.16. The third-order valence-electron chi connectivity index (χ3n) is 5.18. The number of methoxy groups -OCH3 is 2. The van der Waals surface area contributed by atoms with Crippen molar-refractivity contribution in [3.05, 3.63) is 103 Å². The van der Waals surface area contributed by atoms with E-state index in [0.717, 1.165) is 10.8 Å². The van der Waals surface area contributed by atoms with Gasteiger partial charge in [-0.1, -0.05) is 41.4 Å². The maximum absolute atomic E-state index is 12.2. The number of nitrogens with zero attached hydrogens (tertiary/aromatic N) is 3. The van der Waals surface area contributed by atoms with Crippen LogP contribution >= 0.6 is 45.8 Å². The number of amides is 1. The number of anilines is 2. The van der Waals surface area contributed by atoms with Crippen LogP contribution in [0.5, 0.6) is 11.5 Å². The minimum atomic E-state index is -0.367. The standard InChI is InChI=1S/C13H11ClN2O2.C8H10ClN3O2.C7H7IO/c1-18-9-4-2-3-8(7-9)12(17)10-5-6-11(14)16-13(10)15;1-12(14-2)8(13)5-3-4-6(9)11-7(5)10;1-9-7-4-2-3-6(8)5-7/h2-7H,1H3,(H2,15,16);3-4H,1-2H3,(H2,10,11);2-5H,1H3. The van der Waals surface area contributed by atoms with Gasteiger partial charge in [0.25, 0.3) is 5.91 Å². The molecular weight excluding hydrogens is 684 g/mol. The maximum atomic E-state index is 12.2. The number of ketones is 1. The molecule has 4 N–H and O–H groups in total. The van der Waals surface area contributed by atoms with E-state index in [-0.39, 0.29) is 39.2 Å². The molecule has 0 spiro atoms. The zero-order chi connectivity index (χ0) is 30.5. The lowest BCUT2D eigenvalue weighted by molar-refractivity contribution is -0.0756. The van der Waals surface area contributed by atoms with Gasteiger partial charge >= 0.3 is 0 Å². The van der Waals surface area contributed by atoms with Crippen LogP contribution in [-0.2, 0) is 4.84 Å². The van der Waals surface area contributed by atoms with Crippen molar-refractivity contribution in [2.45, 2.75) is 0 Å². The zero-order valence-electron chi connectivity index (χ0n) is 22.6. The minimum absolute atomic E-state index is 0.0893. The summed E-state index contributed by atoms with van der Waals surface area (Å²) >= 11 is 13.5. The van der Waals surface area contributed by atoms with Gasteiger partial charge in [-0.25, -0.2) is 15.0 Å². The topological polar surface area (TPSA) is 143 Å². The van der Waals surface area contributed by atoms with Crippen molar-refractivity contribution in [1.29, 1.82) is 0 Å². The van der Waals surface area contributed by atoms with Crippen LogP contribution in [0.15, 0.2) is 72.8 Å². The van der Waals surface area contributed by atoms with E-state index in [1.807, 2.05) is 24.3 Å². The van der Waals surface area contributed by atoms with E-state index in [0.29, 0.717) is 16.9 Å². The molecule has 1 amide bonds. The summed E-state index contributed by atoms with van der Waals surface area (Å²) in [5, 5.41) is 1.56. The van der Waals surface area contributed by atoms with Crippen molar-refractivity contribution in [3.8, 4) is 11.5 Å². The fraction of sp³-hybridized carbons (Fsp3) is 0.143. The smallest absolute Gasteiger partial charge is 0.280 e. The second-order valence-corrected chi connectivity index (χ2v) is 9.86. The third kappa shape index (κ3) is 10.4. The lowest BCUT2D eigenvalue weighted by atomic mass is 10.0. The molecule has 13 heteroatoms. The lowest BCUT2D eigenvalue weighted by Crippen LogP contribution is -2.26. The Morgan fingerprint density at radius 1 is 0.780 bits per heavy atom. The van der Waals surface area contributed by atoms with Crippen LogP contribution in [-0.4, -0.2) is 55.1 Å². The Bertz CT molecular complexity index is 1490. The number of hydrogen-bond acceptors (Lipinski definition) is 9. The number of rotatable bonds is 6. The summed E-state index contributed by atoms with van der Waals surface area (Å²) in [6.45, 7) is 0. The van der Waals surface area contributed by atoms with Gasteiger partial charge in [-0.15, -0.1) is 0 Å². The van der Waals surface area contributed by atoms with E-state index in [2.05, 4.69) is 32.6 Å². The number of hydroxylamine groups is 2. The summed E-state index contributed by atoms with van der Waals surface area (Å²) in [6.07, 6.45) is 0. The molecule has 2 aromatic carbocycles. The predicted molar refractivity (Wildman–Crippen MR) is 169 cm³/mol. The van der Waals surface area contributed by atoms with Gasteiger partial charge in [0.2, 0.25) is 0 Å². The summed E-state index contributed by atoms with van der Waals surface area (Å²) in [7, 11) is 6.08. The number of pyridine rings is 2. The van der Waals surface area contributed by atoms with Crippen molar-refractivity contribution < 1.29 is 23.9 Å². The zero-order valence-corrected chi connectivity index (χ0v) is 26.3. The van der Waals surface area contributed by atoms with Gasteiger partial charge in [0, 0.05) is 16.2 Å². The van der Waals surface area contributed by atoms with Gasteiger partial charge in [0.05, 0.1) is 32.5 Å². The van der Waals surface area contributed by atoms with E-state index in [1.165, 1.54) is 35.9 Å². The van der Waals surface area contributed by atoms with Crippen molar-refractivity contribution in [2.24, 2.45) is 0 Å². The molecule has 2 heterocycles. The van der Waals surface area contributed by atoms with E-state index in [4.69, 9.17) is 49.0 Å². The van der Waals surface area contributed by atoms with Gasteiger partial charge in [-0.2, -0.15) is 0 Å². The largest absolute Gasteiger partial charge is 0.497 e. The van der Waals surface area contributed by atoms with Crippen molar-refractivity contribution in [2.75, 3.05) is 39.8 Å². The summed E-state index contributed by atoms with van der Waals surface area (Å²) < 4.78 is 11.3. The minimum Gasteiger partial charge on any atom is -0.497 e. The average molecular weight is 712 g/mol. The third-order valence-corrected chi connectivity index (χ3v) is 6.27. The highest BCUT2D eigenvalue weighted by atomic mass is 127. The molecule has 216 valence electrons. The summed E-state index contributed by atoms with van der Waals surface area (Å²) in [5.41, 5.74) is 12.3. The van der Waals surface area contributed by atoms with Crippen molar-refractivity contribution >= 4 is 69.1 Å². The number of aromatic nitrogens is 2. The SMILES string of the molecule is CON(C)C(=O)c1ccc(Cl)nc1N.COc1cccc(C(=O)c2ccc(Cl)nc2N)c1.COc1cccc(I)c1. The van der Waals surface area contributed by atoms with Crippen LogP contribution < -0.4 is 20.9 Å². The normalized spacial score (nSPS) is 9.83. The number of halogens is 3. The molecule has 4 aromatic rings. The quantitative estimate of drug-likeness (QED) is 0.110. The number of carbonyl (C=O) groups excluding carboxylic acids is 2. The Morgan fingerprint density at radius 2 is 1.29 bits per heavy atom. The first-order chi connectivity index (χ1) is 19.5. The van der Waals surface area contributed by atoms with Gasteiger partial charge in [-0.05, 0) is 77.2 Å². The second kappa shape index (κ2) is 16.6. The molecular formula is C28H28Cl2IN5O5. The number of ether oxygens (including phenoxy) is 2. The molecule has 0 saturated carbocycles. The Labute approximate surface area is 261 Å². The van der Waals surface area contributed by atoms with E-state index < -0.39 is 0 Å². The number of hydrogen-bond donors (Lipinski definition) is 2. The van der Waals surface area contributed by atoms with Crippen molar-refractivity contribution in [1.82, 2.24) is 15.0 Å². The van der Waals surface area contributed by atoms with Gasteiger partial charge in [0.15, 0.2) is 5.78 Å². The number of carbonyl (C=O) groups is 2. The van der Waals surface area contributed by atoms with Crippen LogP contribution in [0.2, 0.25) is 10.3 Å². The number of nitrogen functional groups attached to an aromatic ring is 2. The molecule has 0 bridgehead atoms. The van der Waals surface area contributed by atoms with Crippen LogP contribution in [0.3, 0.4) is 0 Å².